The summed E-state index contributed by atoms with van der Waals surface area (Å²) in [5.74, 6) is 0.191. The molecule has 1 saturated heterocycles. The molecule has 1 unspecified atom stereocenters. The van der Waals surface area contributed by atoms with E-state index in [1.165, 1.54) is 5.56 Å². The molecule has 0 spiro atoms. The summed E-state index contributed by atoms with van der Waals surface area (Å²) >= 11 is 0. The van der Waals surface area contributed by atoms with E-state index in [4.69, 9.17) is 0 Å². The number of carbonyl (C=O) groups is 1. The molecule has 1 atom stereocenters. The highest BCUT2D eigenvalue weighted by atomic mass is 16.2. The van der Waals surface area contributed by atoms with Crippen LogP contribution in [0.2, 0.25) is 0 Å². The van der Waals surface area contributed by atoms with Crippen LogP contribution in [0.25, 0.3) is 0 Å². The number of amides is 1. The van der Waals surface area contributed by atoms with E-state index in [2.05, 4.69) is 24.5 Å². The third-order valence-electron chi connectivity index (χ3n) is 3.88. The van der Waals surface area contributed by atoms with Crippen molar-refractivity contribution < 1.29 is 4.79 Å². The van der Waals surface area contributed by atoms with Crippen molar-refractivity contribution >= 4 is 5.91 Å². The Labute approximate surface area is 109 Å². The fraction of sp³-hybridized carbons (Fsp3) is 0.533. The summed E-state index contributed by atoms with van der Waals surface area (Å²) in [4.78, 5) is 12.5. The van der Waals surface area contributed by atoms with Crippen LogP contribution in [-0.4, -0.2) is 17.5 Å². The molecule has 1 aliphatic heterocycles. The monoisotopic (exact) mass is 246 g/mol. The van der Waals surface area contributed by atoms with Gasteiger partial charge in [0, 0.05) is 12.0 Å². The number of nitrogens with one attached hydrogen (secondary N) is 1. The van der Waals surface area contributed by atoms with Gasteiger partial charge in [-0.05, 0) is 18.4 Å². The number of nitrogens with zero attached hydrogens (tertiary/aromatic N) is 1. The summed E-state index contributed by atoms with van der Waals surface area (Å²) in [6.45, 7) is 6.95. The maximum atomic E-state index is 12.5. The van der Waals surface area contributed by atoms with Gasteiger partial charge in [0.25, 0.3) is 0 Å². The van der Waals surface area contributed by atoms with E-state index in [-0.39, 0.29) is 17.4 Å². The predicted molar refractivity (Wildman–Crippen MR) is 72.7 cm³/mol. The number of carbonyl (C=O) groups excluding carboxylic acids is 1. The van der Waals surface area contributed by atoms with Gasteiger partial charge in [0.2, 0.25) is 5.91 Å². The molecular formula is C15H22N2O. The van der Waals surface area contributed by atoms with E-state index in [0.29, 0.717) is 0 Å². The highest BCUT2D eigenvalue weighted by Crippen LogP contribution is 2.32. The highest BCUT2D eigenvalue weighted by Gasteiger charge is 2.37. The SMILES string of the molecule is CCC(C)(C)C(=O)N1NCCC1c1ccccc1. The van der Waals surface area contributed by atoms with E-state index in [0.717, 1.165) is 19.4 Å². The maximum absolute atomic E-state index is 12.5. The number of hydrazine groups is 1. The summed E-state index contributed by atoms with van der Waals surface area (Å²) in [6.07, 6.45) is 1.83. The van der Waals surface area contributed by atoms with Crippen molar-refractivity contribution in [2.45, 2.75) is 39.7 Å². The summed E-state index contributed by atoms with van der Waals surface area (Å²) in [5, 5.41) is 1.83. The minimum Gasteiger partial charge on any atom is -0.273 e. The van der Waals surface area contributed by atoms with Gasteiger partial charge >= 0.3 is 0 Å². The van der Waals surface area contributed by atoms with Crippen LogP contribution in [0.5, 0.6) is 0 Å². The summed E-state index contributed by atoms with van der Waals surface area (Å²) in [5.41, 5.74) is 4.14. The first-order valence-electron chi connectivity index (χ1n) is 6.68. The molecule has 0 aromatic heterocycles. The molecule has 0 saturated carbocycles. The average molecular weight is 246 g/mol. The Morgan fingerprint density at radius 2 is 2.06 bits per heavy atom. The first kappa shape index (κ1) is 13.1. The molecule has 0 aliphatic carbocycles. The standard InChI is InChI=1S/C15H22N2O/c1-4-15(2,3)14(18)17-13(10-11-16-17)12-8-6-5-7-9-12/h5-9,13,16H,4,10-11H2,1-3H3. The second kappa shape index (κ2) is 5.11. The predicted octanol–water partition coefficient (Wildman–Crippen LogP) is 2.90. The summed E-state index contributed by atoms with van der Waals surface area (Å²) < 4.78 is 0. The molecule has 3 nitrogen and oxygen atoms in total. The molecule has 1 amide bonds. The van der Waals surface area contributed by atoms with E-state index in [9.17, 15) is 4.79 Å². The lowest BCUT2D eigenvalue weighted by Crippen LogP contribution is -2.45. The molecule has 1 aromatic rings. The third kappa shape index (κ3) is 2.41. The zero-order valence-corrected chi connectivity index (χ0v) is 11.4. The Hall–Kier alpha value is -1.35. The highest BCUT2D eigenvalue weighted by molar-refractivity contribution is 5.82. The lowest BCUT2D eigenvalue weighted by molar-refractivity contribution is -0.144. The molecule has 0 bridgehead atoms. The largest absolute Gasteiger partial charge is 0.273 e. The number of hydrogen-bond donors (Lipinski definition) is 1. The van der Waals surface area contributed by atoms with Crippen molar-refractivity contribution in [2.75, 3.05) is 6.54 Å². The molecule has 1 aromatic carbocycles. The lowest BCUT2D eigenvalue weighted by Gasteiger charge is -2.32. The maximum Gasteiger partial charge on any atom is 0.242 e. The Morgan fingerprint density at radius 1 is 1.39 bits per heavy atom. The van der Waals surface area contributed by atoms with Crippen LogP contribution < -0.4 is 5.43 Å². The van der Waals surface area contributed by atoms with Crippen molar-refractivity contribution in [2.24, 2.45) is 5.41 Å². The normalized spacial score (nSPS) is 20.2. The van der Waals surface area contributed by atoms with Crippen LogP contribution in [0.3, 0.4) is 0 Å². The van der Waals surface area contributed by atoms with Crippen molar-refractivity contribution in [1.29, 1.82) is 0 Å². The zero-order chi connectivity index (χ0) is 13.2. The van der Waals surface area contributed by atoms with Gasteiger partial charge in [-0.2, -0.15) is 0 Å². The lowest BCUT2D eigenvalue weighted by atomic mass is 9.88. The molecule has 3 heteroatoms. The third-order valence-corrected chi connectivity index (χ3v) is 3.88. The molecule has 1 N–H and O–H groups in total. The molecule has 1 fully saturated rings. The van der Waals surface area contributed by atoms with Gasteiger partial charge in [-0.15, -0.1) is 0 Å². The molecular weight excluding hydrogens is 224 g/mol. The number of hydrogen-bond acceptors (Lipinski definition) is 2. The van der Waals surface area contributed by atoms with Crippen LogP contribution in [0.15, 0.2) is 30.3 Å². The van der Waals surface area contributed by atoms with Crippen molar-refractivity contribution in [3.8, 4) is 0 Å². The number of benzene rings is 1. The van der Waals surface area contributed by atoms with E-state index in [1.54, 1.807) is 0 Å². The molecule has 2 rings (SSSR count). The van der Waals surface area contributed by atoms with Crippen LogP contribution in [0.1, 0.15) is 45.2 Å². The van der Waals surface area contributed by atoms with Crippen molar-refractivity contribution in [3.63, 3.8) is 0 Å². The Bertz CT molecular complexity index is 414. The average Bonchev–Trinajstić information content (AvgIpc) is 2.87. The fourth-order valence-corrected chi connectivity index (χ4v) is 2.24. The topological polar surface area (TPSA) is 32.3 Å². The van der Waals surface area contributed by atoms with Crippen LogP contribution in [0.4, 0.5) is 0 Å². The van der Waals surface area contributed by atoms with Crippen LogP contribution >= 0.6 is 0 Å². The van der Waals surface area contributed by atoms with Gasteiger partial charge in [0.05, 0.1) is 6.04 Å². The first-order chi connectivity index (χ1) is 8.56. The van der Waals surface area contributed by atoms with Gasteiger partial charge in [0.15, 0.2) is 0 Å². The van der Waals surface area contributed by atoms with Gasteiger partial charge in [-0.1, -0.05) is 51.1 Å². The van der Waals surface area contributed by atoms with Crippen LogP contribution in [0, 0.1) is 5.41 Å². The minimum absolute atomic E-state index is 0.171. The smallest absolute Gasteiger partial charge is 0.242 e. The van der Waals surface area contributed by atoms with Gasteiger partial charge < -0.3 is 0 Å². The Morgan fingerprint density at radius 3 is 2.67 bits per heavy atom. The quantitative estimate of drug-likeness (QED) is 0.889. The van der Waals surface area contributed by atoms with Gasteiger partial charge in [-0.25, -0.2) is 5.43 Å². The van der Waals surface area contributed by atoms with Crippen LogP contribution in [-0.2, 0) is 4.79 Å². The van der Waals surface area contributed by atoms with Crippen molar-refractivity contribution in [1.82, 2.24) is 10.4 Å². The molecule has 1 aliphatic rings. The molecule has 0 radical (unpaired) electrons. The van der Waals surface area contributed by atoms with Gasteiger partial charge in [-0.3, -0.25) is 9.80 Å². The fourth-order valence-electron chi connectivity index (χ4n) is 2.24. The Kier molecular flexibility index (Phi) is 3.71. The molecule has 1 heterocycles. The Balaban J connectivity index is 2.21. The van der Waals surface area contributed by atoms with E-state index < -0.39 is 0 Å². The van der Waals surface area contributed by atoms with Crippen molar-refractivity contribution in [3.05, 3.63) is 35.9 Å². The summed E-state index contributed by atoms with van der Waals surface area (Å²) in [6, 6.07) is 10.4. The zero-order valence-electron chi connectivity index (χ0n) is 11.4. The molecule has 18 heavy (non-hydrogen) atoms. The van der Waals surface area contributed by atoms with E-state index in [1.807, 2.05) is 37.1 Å². The van der Waals surface area contributed by atoms with Gasteiger partial charge in [0.1, 0.15) is 0 Å². The second-order valence-corrected chi connectivity index (χ2v) is 5.54. The first-order valence-corrected chi connectivity index (χ1v) is 6.68. The van der Waals surface area contributed by atoms with E-state index >= 15 is 0 Å². The second-order valence-electron chi connectivity index (χ2n) is 5.54. The number of rotatable bonds is 3. The molecule has 98 valence electrons. The minimum atomic E-state index is -0.301. The summed E-state index contributed by atoms with van der Waals surface area (Å²) in [7, 11) is 0.